The molecule has 0 saturated carbocycles. The van der Waals surface area contributed by atoms with Gasteiger partial charge in [0, 0.05) is 32.1 Å². The first kappa shape index (κ1) is 19.7. The Morgan fingerprint density at radius 3 is 2.44 bits per heavy atom. The Hall–Kier alpha value is -1.67. The number of carbonyl (C=O) groups is 2. The Balaban J connectivity index is 2.37. The van der Waals surface area contributed by atoms with Gasteiger partial charge in [-0.05, 0) is 24.1 Å². The minimum atomic E-state index is -5.00. The van der Waals surface area contributed by atoms with Gasteiger partial charge in [-0.3, -0.25) is 4.79 Å². The zero-order valence-electron chi connectivity index (χ0n) is 13.1. The highest BCUT2D eigenvalue weighted by Gasteiger charge is 2.46. The molecule has 25 heavy (non-hydrogen) atoms. The lowest BCUT2D eigenvalue weighted by molar-refractivity contribution is -0.187. The van der Waals surface area contributed by atoms with Crippen LogP contribution in [0, 0.1) is 0 Å². The van der Waals surface area contributed by atoms with Crippen molar-refractivity contribution in [3.05, 3.63) is 33.8 Å². The van der Waals surface area contributed by atoms with Crippen LogP contribution in [-0.2, 0) is 4.79 Å². The highest BCUT2D eigenvalue weighted by atomic mass is 35.5. The molecule has 5 nitrogen and oxygen atoms in total. The minimum absolute atomic E-state index is 0.0350. The summed E-state index contributed by atoms with van der Waals surface area (Å²) in [6.07, 6.45) is -6.09. The topological polar surface area (TPSA) is 60.9 Å². The summed E-state index contributed by atoms with van der Waals surface area (Å²) in [6, 6.07) is 3.73. The van der Waals surface area contributed by atoms with Crippen LogP contribution in [0.15, 0.2) is 18.2 Å². The molecule has 1 fully saturated rings. The Kier molecular flexibility index (Phi) is 5.73. The molecule has 0 aromatic heterocycles. The van der Waals surface area contributed by atoms with Crippen LogP contribution in [0.25, 0.3) is 0 Å². The van der Waals surface area contributed by atoms with Crippen molar-refractivity contribution in [2.45, 2.75) is 24.6 Å². The molecule has 2 unspecified atom stereocenters. The van der Waals surface area contributed by atoms with Crippen molar-refractivity contribution < 1.29 is 27.9 Å². The summed E-state index contributed by atoms with van der Waals surface area (Å²) in [5.41, 5.74) is 0.521. The monoisotopic (exact) mass is 398 g/mol. The van der Waals surface area contributed by atoms with E-state index in [1.54, 1.807) is 6.07 Å². The van der Waals surface area contributed by atoms with E-state index in [1.165, 1.54) is 12.1 Å². The SMILES string of the molecule is CN(C(=O)C(F)(F)F)C1CCN(C(=O)O)CC1c1ccc(Cl)c(Cl)c1. The smallest absolute Gasteiger partial charge is 0.465 e. The van der Waals surface area contributed by atoms with Gasteiger partial charge in [0.1, 0.15) is 0 Å². The third-order valence-corrected chi connectivity index (χ3v) is 5.02. The third kappa shape index (κ3) is 4.30. The molecule has 0 spiro atoms. The molecular formula is C15H15Cl2F3N2O3. The number of rotatable bonds is 2. The van der Waals surface area contributed by atoms with Gasteiger partial charge in [0.05, 0.1) is 10.0 Å². The second-order valence-corrected chi connectivity index (χ2v) is 6.59. The van der Waals surface area contributed by atoms with Gasteiger partial charge >= 0.3 is 18.2 Å². The van der Waals surface area contributed by atoms with E-state index in [-0.39, 0.29) is 29.6 Å². The number of likely N-dealkylation sites (tertiary alicyclic amines) is 1. The standard InChI is InChI=1S/C15H15Cl2F3N2O3/c1-21(13(23)15(18,19)20)12-4-5-22(14(24)25)7-9(12)8-2-3-10(16)11(17)6-8/h2-3,6,9,12H,4-5,7H2,1H3,(H,24,25). The number of carboxylic acid groups (broad SMARTS) is 1. The molecule has 2 atom stereocenters. The molecule has 1 aromatic carbocycles. The first-order valence-electron chi connectivity index (χ1n) is 7.29. The third-order valence-electron chi connectivity index (χ3n) is 4.28. The van der Waals surface area contributed by atoms with Gasteiger partial charge in [-0.1, -0.05) is 29.3 Å². The number of hydrogen-bond donors (Lipinski definition) is 1. The first-order chi connectivity index (χ1) is 11.5. The maximum absolute atomic E-state index is 12.8. The Bertz CT molecular complexity index is 684. The fourth-order valence-corrected chi connectivity index (χ4v) is 3.30. The number of amides is 2. The van der Waals surface area contributed by atoms with E-state index in [4.69, 9.17) is 23.2 Å². The summed E-state index contributed by atoms with van der Waals surface area (Å²) in [5.74, 6) is -2.62. The zero-order chi connectivity index (χ0) is 18.9. The zero-order valence-corrected chi connectivity index (χ0v) is 14.6. The number of benzene rings is 1. The highest BCUT2D eigenvalue weighted by molar-refractivity contribution is 6.42. The van der Waals surface area contributed by atoms with E-state index in [1.807, 2.05) is 0 Å². The molecule has 0 aliphatic carbocycles. The molecule has 1 aliphatic rings. The molecule has 0 bridgehead atoms. The summed E-state index contributed by atoms with van der Waals surface area (Å²) >= 11 is 11.8. The van der Waals surface area contributed by atoms with Crippen LogP contribution in [0.4, 0.5) is 18.0 Å². The van der Waals surface area contributed by atoms with Gasteiger partial charge in [-0.15, -0.1) is 0 Å². The van der Waals surface area contributed by atoms with Crippen LogP contribution in [0.5, 0.6) is 0 Å². The van der Waals surface area contributed by atoms with Crippen LogP contribution < -0.4 is 0 Å². The number of carbonyl (C=O) groups excluding carboxylic acids is 1. The number of nitrogens with zero attached hydrogens (tertiary/aromatic N) is 2. The summed E-state index contributed by atoms with van der Waals surface area (Å²) in [5, 5.41) is 9.66. The van der Waals surface area contributed by atoms with Crippen molar-refractivity contribution in [2.24, 2.45) is 0 Å². The summed E-state index contributed by atoms with van der Waals surface area (Å²) < 4.78 is 38.3. The lowest BCUT2D eigenvalue weighted by Crippen LogP contribution is -2.54. The normalized spacial score (nSPS) is 21.1. The van der Waals surface area contributed by atoms with Crippen LogP contribution in [0.2, 0.25) is 10.0 Å². The Labute approximate surface area is 151 Å². The van der Waals surface area contributed by atoms with E-state index >= 15 is 0 Å². The second-order valence-electron chi connectivity index (χ2n) is 5.78. The second kappa shape index (κ2) is 7.29. The van der Waals surface area contributed by atoms with E-state index in [0.717, 1.165) is 11.9 Å². The molecular weight excluding hydrogens is 384 g/mol. The van der Waals surface area contributed by atoms with Gasteiger partial charge in [-0.25, -0.2) is 4.79 Å². The van der Waals surface area contributed by atoms with Crippen molar-refractivity contribution in [3.8, 4) is 0 Å². The molecule has 1 aliphatic heterocycles. The van der Waals surface area contributed by atoms with E-state index < -0.39 is 30.1 Å². The minimum Gasteiger partial charge on any atom is -0.465 e. The van der Waals surface area contributed by atoms with Crippen molar-refractivity contribution in [1.82, 2.24) is 9.80 Å². The number of hydrogen-bond acceptors (Lipinski definition) is 2. The van der Waals surface area contributed by atoms with Gasteiger partial charge in [0.15, 0.2) is 0 Å². The predicted molar refractivity (Wildman–Crippen MR) is 86.0 cm³/mol. The van der Waals surface area contributed by atoms with Crippen LogP contribution in [0.3, 0.4) is 0 Å². The van der Waals surface area contributed by atoms with Crippen molar-refractivity contribution in [3.63, 3.8) is 0 Å². The maximum atomic E-state index is 12.8. The first-order valence-corrected chi connectivity index (χ1v) is 8.04. The summed E-state index contributed by atoms with van der Waals surface area (Å²) in [7, 11) is 1.07. The molecule has 2 rings (SSSR count). The average molecular weight is 399 g/mol. The van der Waals surface area contributed by atoms with E-state index in [9.17, 15) is 27.9 Å². The van der Waals surface area contributed by atoms with Crippen LogP contribution >= 0.6 is 23.2 Å². The van der Waals surface area contributed by atoms with E-state index in [2.05, 4.69) is 0 Å². The number of alkyl halides is 3. The van der Waals surface area contributed by atoms with Gasteiger partial charge in [-0.2, -0.15) is 13.2 Å². The van der Waals surface area contributed by atoms with Gasteiger partial charge in [0.2, 0.25) is 0 Å². The molecule has 2 amide bonds. The van der Waals surface area contributed by atoms with Crippen molar-refractivity contribution >= 4 is 35.2 Å². The lowest BCUT2D eigenvalue weighted by atomic mass is 9.85. The van der Waals surface area contributed by atoms with Gasteiger partial charge < -0.3 is 14.9 Å². The number of likely N-dealkylation sites (N-methyl/N-ethyl adjacent to an activating group) is 1. The quantitative estimate of drug-likeness (QED) is 0.822. The van der Waals surface area contributed by atoms with Crippen LogP contribution in [0.1, 0.15) is 17.9 Å². The number of halogens is 5. The van der Waals surface area contributed by atoms with E-state index in [0.29, 0.717) is 10.5 Å². The molecule has 0 radical (unpaired) electrons. The van der Waals surface area contributed by atoms with Gasteiger partial charge in [0.25, 0.3) is 0 Å². The molecule has 1 heterocycles. The predicted octanol–water partition coefficient (Wildman–Crippen LogP) is 3.85. The molecule has 1 saturated heterocycles. The summed E-state index contributed by atoms with van der Waals surface area (Å²) in [4.78, 5) is 24.6. The molecule has 1 aromatic rings. The maximum Gasteiger partial charge on any atom is 0.471 e. The Morgan fingerprint density at radius 1 is 1.28 bits per heavy atom. The molecule has 138 valence electrons. The number of piperidine rings is 1. The Morgan fingerprint density at radius 2 is 1.92 bits per heavy atom. The largest absolute Gasteiger partial charge is 0.471 e. The van der Waals surface area contributed by atoms with Crippen LogP contribution in [-0.4, -0.2) is 59.3 Å². The van der Waals surface area contributed by atoms with Crippen molar-refractivity contribution in [2.75, 3.05) is 20.1 Å². The average Bonchev–Trinajstić information content (AvgIpc) is 2.54. The highest BCUT2D eigenvalue weighted by Crippen LogP contribution is 2.35. The van der Waals surface area contributed by atoms with Crippen molar-refractivity contribution in [1.29, 1.82) is 0 Å². The fourth-order valence-electron chi connectivity index (χ4n) is 3.00. The summed E-state index contributed by atoms with van der Waals surface area (Å²) in [6.45, 7) is -0.0132. The fraction of sp³-hybridized carbons (Fsp3) is 0.467. The molecule has 10 heteroatoms. The lowest BCUT2D eigenvalue weighted by Gasteiger charge is -2.42. The molecule has 1 N–H and O–H groups in total.